The van der Waals surface area contributed by atoms with Crippen LogP contribution in [-0.4, -0.2) is 21.1 Å². The van der Waals surface area contributed by atoms with Gasteiger partial charge in [-0.3, -0.25) is 14.9 Å². The van der Waals surface area contributed by atoms with Gasteiger partial charge in [-0.05, 0) is 25.1 Å². The van der Waals surface area contributed by atoms with Crippen LogP contribution < -0.4 is 10.7 Å². The van der Waals surface area contributed by atoms with E-state index in [9.17, 15) is 14.0 Å². The first-order valence-corrected chi connectivity index (χ1v) is 6.78. The molecule has 0 unspecified atom stereocenters. The molecule has 0 aliphatic carbocycles. The number of halogens is 1. The number of hydrogen-bond donors (Lipinski definition) is 2. The number of amides is 1. The average Bonchev–Trinajstić information content (AvgIpc) is 2.85. The Labute approximate surface area is 121 Å². The SMILES string of the molecule is Cc1nnc(NC(=O)c2c[nH]c3ccc(F)cc3c2=O)s1. The summed E-state index contributed by atoms with van der Waals surface area (Å²) in [6.07, 6.45) is 1.30. The second kappa shape index (κ2) is 5.06. The predicted molar refractivity (Wildman–Crippen MR) is 77.1 cm³/mol. The number of pyridine rings is 1. The van der Waals surface area contributed by atoms with E-state index < -0.39 is 17.2 Å². The van der Waals surface area contributed by atoms with E-state index in [0.29, 0.717) is 15.7 Å². The molecule has 0 saturated heterocycles. The van der Waals surface area contributed by atoms with E-state index in [2.05, 4.69) is 20.5 Å². The van der Waals surface area contributed by atoms with Crippen molar-refractivity contribution in [1.82, 2.24) is 15.2 Å². The molecule has 1 aromatic carbocycles. The van der Waals surface area contributed by atoms with Crippen molar-refractivity contribution in [2.75, 3.05) is 5.32 Å². The van der Waals surface area contributed by atoms with Gasteiger partial charge in [0, 0.05) is 17.1 Å². The van der Waals surface area contributed by atoms with Crippen LogP contribution in [-0.2, 0) is 0 Å². The molecule has 0 atom stereocenters. The zero-order valence-corrected chi connectivity index (χ0v) is 11.6. The molecular weight excluding hydrogens is 295 g/mol. The third-order valence-electron chi connectivity index (χ3n) is 2.83. The Bertz CT molecular complexity index is 903. The number of hydrogen-bond acceptors (Lipinski definition) is 5. The fourth-order valence-corrected chi connectivity index (χ4v) is 2.46. The topological polar surface area (TPSA) is 87.7 Å². The number of fused-ring (bicyclic) bond motifs is 1. The van der Waals surface area contributed by atoms with Crippen LogP contribution in [0.2, 0.25) is 0 Å². The lowest BCUT2D eigenvalue weighted by Crippen LogP contribution is -2.22. The molecule has 0 radical (unpaired) electrons. The second-order valence-corrected chi connectivity index (χ2v) is 5.48. The zero-order chi connectivity index (χ0) is 15.0. The minimum absolute atomic E-state index is 0.110. The number of nitrogens with zero attached hydrogens (tertiary/aromatic N) is 2. The van der Waals surface area contributed by atoms with Crippen molar-refractivity contribution in [3.05, 3.63) is 51.0 Å². The minimum atomic E-state index is -0.612. The molecule has 2 aromatic heterocycles. The molecule has 0 saturated carbocycles. The highest BCUT2D eigenvalue weighted by Crippen LogP contribution is 2.15. The molecular formula is C13H9FN4O2S. The highest BCUT2D eigenvalue weighted by Gasteiger charge is 2.15. The van der Waals surface area contributed by atoms with Gasteiger partial charge in [-0.1, -0.05) is 11.3 Å². The number of nitrogens with one attached hydrogen (secondary N) is 2. The molecule has 1 amide bonds. The Kier molecular flexibility index (Phi) is 3.22. The summed E-state index contributed by atoms with van der Waals surface area (Å²) >= 11 is 1.20. The number of aromatic amines is 1. The Balaban J connectivity index is 2.02. The smallest absolute Gasteiger partial charge is 0.262 e. The van der Waals surface area contributed by atoms with Gasteiger partial charge >= 0.3 is 0 Å². The van der Waals surface area contributed by atoms with Gasteiger partial charge in [-0.15, -0.1) is 10.2 Å². The second-order valence-electron chi connectivity index (χ2n) is 4.30. The van der Waals surface area contributed by atoms with Crippen LogP contribution in [0, 0.1) is 12.7 Å². The number of carbonyl (C=O) groups excluding carboxylic acids is 1. The number of aryl methyl sites for hydroxylation is 1. The molecule has 8 heteroatoms. The standard InChI is InChI=1S/C13H9FN4O2S/c1-6-17-18-13(21-6)16-12(20)9-5-15-10-3-2-7(14)4-8(10)11(9)19/h2-5H,1H3,(H,15,19)(H,16,18,20). The third-order valence-corrected chi connectivity index (χ3v) is 3.59. The van der Waals surface area contributed by atoms with Gasteiger partial charge in [0.25, 0.3) is 5.91 Å². The summed E-state index contributed by atoms with van der Waals surface area (Å²) in [6.45, 7) is 1.75. The van der Waals surface area contributed by atoms with Gasteiger partial charge in [0.1, 0.15) is 16.4 Å². The molecule has 3 rings (SSSR count). The highest BCUT2D eigenvalue weighted by atomic mass is 32.1. The number of carbonyl (C=O) groups is 1. The van der Waals surface area contributed by atoms with Gasteiger partial charge in [-0.2, -0.15) is 0 Å². The van der Waals surface area contributed by atoms with Crippen molar-refractivity contribution in [3.63, 3.8) is 0 Å². The van der Waals surface area contributed by atoms with Crippen LogP contribution in [0.1, 0.15) is 15.4 Å². The van der Waals surface area contributed by atoms with Gasteiger partial charge in [0.2, 0.25) is 10.6 Å². The maximum atomic E-state index is 13.2. The quantitative estimate of drug-likeness (QED) is 0.758. The zero-order valence-electron chi connectivity index (χ0n) is 10.8. The van der Waals surface area contributed by atoms with Crippen LogP contribution in [0.5, 0.6) is 0 Å². The van der Waals surface area contributed by atoms with Crippen LogP contribution in [0.4, 0.5) is 9.52 Å². The van der Waals surface area contributed by atoms with E-state index in [1.54, 1.807) is 6.92 Å². The molecule has 106 valence electrons. The fraction of sp³-hybridized carbons (Fsp3) is 0.0769. The van der Waals surface area contributed by atoms with Crippen LogP contribution >= 0.6 is 11.3 Å². The van der Waals surface area contributed by atoms with E-state index in [0.717, 1.165) is 6.07 Å². The molecule has 2 N–H and O–H groups in total. The summed E-state index contributed by atoms with van der Waals surface area (Å²) in [6, 6.07) is 3.78. The first-order valence-electron chi connectivity index (χ1n) is 5.97. The number of anilines is 1. The van der Waals surface area contributed by atoms with Crippen LogP contribution in [0.25, 0.3) is 10.9 Å². The minimum Gasteiger partial charge on any atom is -0.360 e. The van der Waals surface area contributed by atoms with E-state index in [4.69, 9.17) is 0 Å². The molecule has 0 fully saturated rings. The molecule has 3 aromatic rings. The van der Waals surface area contributed by atoms with Crippen molar-refractivity contribution >= 4 is 33.3 Å². The fourth-order valence-electron chi connectivity index (χ4n) is 1.87. The van der Waals surface area contributed by atoms with Gasteiger partial charge < -0.3 is 4.98 Å². The Hall–Kier alpha value is -2.61. The molecule has 0 aliphatic heterocycles. The third kappa shape index (κ3) is 2.52. The Morgan fingerprint density at radius 3 is 2.90 bits per heavy atom. The largest absolute Gasteiger partial charge is 0.360 e. The molecule has 2 heterocycles. The number of H-pyrrole nitrogens is 1. The summed E-state index contributed by atoms with van der Waals surface area (Å²) in [5, 5.41) is 11.1. The normalized spacial score (nSPS) is 10.8. The van der Waals surface area contributed by atoms with E-state index in [1.165, 1.54) is 29.7 Å². The average molecular weight is 304 g/mol. The Morgan fingerprint density at radius 2 is 2.19 bits per heavy atom. The number of aromatic nitrogens is 3. The van der Waals surface area contributed by atoms with Crippen molar-refractivity contribution in [3.8, 4) is 0 Å². The maximum absolute atomic E-state index is 13.2. The maximum Gasteiger partial charge on any atom is 0.262 e. The summed E-state index contributed by atoms with van der Waals surface area (Å²) in [7, 11) is 0. The highest BCUT2D eigenvalue weighted by molar-refractivity contribution is 7.15. The van der Waals surface area contributed by atoms with Gasteiger partial charge in [-0.25, -0.2) is 4.39 Å². The summed E-state index contributed by atoms with van der Waals surface area (Å²) in [5.74, 6) is -1.15. The summed E-state index contributed by atoms with van der Waals surface area (Å²) in [5.41, 5.74) is -0.187. The first kappa shape index (κ1) is 13.4. The number of rotatable bonds is 2. The summed E-state index contributed by atoms with van der Waals surface area (Å²) in [4.78, 5) is 27.1. The van der Waals surface area contributed by atoms with Gasteiger partial charge in [0.05, 0.1) is 0 Å². The Morgan fingerprint density at radius 1 is 1.38 bits per heavy atom. The van der Waals surface area contributed by atoms with Crippen molar-refractivity contribution in [1.29, 1.82) is 0 Å². The molecule has 21 heavy (non-hydrogen) atoms. The molecule has 0 bridgehead atoms. The van der Waals surface area contributed by atoms with Gasteiger partial charge in [0.15, 0.2) is 0 Å². The lowest BCUT2D eigenvalue weighted by molar-refractivity contribution is 0.102. The summed E-state index contributed by atoms with van der Waals surface area (Å²) < 4.78 is 13.2. The lowest BCUT2D eigenvalue weighted by Gasteiger charge is -2.03. The van der Waals surface area contributed by atoms with Crippen LogP contribution in [0.15, 0.2) is 29.2 Å². The molecule has 0 spiro atoms. The predicted octanol–water partition coefficient (Wildman–Crippen LogP) is 2.08. The molecule has 6 nitrogen and oxygen atoms in total. The van der Waals surface area contributed by atoms with Crippen molar-refractivity contribution in [2.24, 2.45) is 0 Å². The van der Waals surface area contributed by atoms with E-state index in [1.807, 2.05) is 0 Å². The van der Waals surface area contributed by atoms with Crippen LogP contribution in [0.3, 0.4) is 0 Å². The number of benzene rings is 1. The monoisotopic (exact) mass is 304 g/mol. The van der Waals surface area contributed by atoms with E-state index >= 15 is 0 Å². The van der Waals surface area contributed by atoms with E-state index in [-0.39, 0.29) is 10.9 Å². The molecule has 0 aliphatic rings. The lowest BCUT2D eigenvalue weighted by atomic mass is 10.1. The van der Waals surface area contributed by atoms with Crippen molar-refractivity contribution in [2.45, 2.75) is 6.92 Å². The first-order chi connectivity index (χ1) is 10.0. The van der Waals surface area contributed by atoms with Crippen molar-refractivity contribution < 1.29 is 9.18 Å².